The number of nitrogens with one attached hydrogen (secondary N) is 1. The van der Waals surface area contributed by atoms with Gasteiger partial charge in [-0.15, -0.1) is 0 Å². The molecule has 1 aromatic carbocycles. The highest BCUT2D eigenvalue weighted by molar-refractivity contribution is 5.46. The minimum atomic E-state index is 0.746. The van der Waals surface area contributed by atoms with E-state index in [1.807, 2.05) is 0 Å². The average Bonchev–Trinajstić information content (AvgIpc) is 2.99. The van der Waals surface area contributed by atoms with E-state index >= 15 is 0 Å². The quantitative estimate of drug-likeness (QED) is 0.864. The van der Waals surface area contributed by atoms with Crippen LogP contribution >= 0.6 is 0 Å². The second-order valence-corrected chi connectivity index (χ2v) is 4.94. The molecule has 0 aromatic heterocycles. The van der Waals surface area contributed by atoms with Gasteiger partial charge in [0.1, 0.15) is 5.75 Å². The SMILES string of the molecule is COc1ccc2c(c1CC1CCNC1)COC2. The van der Waals surface area contributed by atoms with Crippen LogP contribution in [0.5, 0.6) is 5.75 Å². The van der Waals surface area contributed by atoms with Crippen LogP contribution in [-0.2, 0) is 24.4 Å². The van der Waals surface area contributed by atoms with Crippen LogP contribution in [0.4, 0.5) is 0 Å². The monoisotopic (exact) mass is 233 g/mol. The van der Waals surface area contributed by atoms with Gasteiger partial charge in [-0.1, -0.05) is 6.07 Å². The minimum absolute atomic E-state index is 0.746. The Bertz CT molecular complexity index is 411. The van der Waals surface area contributed by atoms with Crippen molar-refractivity contribution < 1.29 is 9.47 Å². The van der Waals surface area contributed by atoms with Gasteiger partial charge in [-0.2, -0.15) is 0 Å². The molecule has 1 saturated heterocycles. The minimum Gasteiger partial charge on any atom is -0.496 e. The van der Waals surface area contributed by atoms with E-state index in [1.54, 1.807) is 7.11 Å². The predicted octanol–water partition coefficient (Wildman–Crippen LogP) is 1.88. The van der Waals surface area contributed by atoms with Crippen LogP contribution in [0, 0.1) is 5.92 Å². The number of benzene rings is 1. The summed E-state index contributed by atoms with van der Waals surface area (Å²) in [5.74, 6) is 1.78. The molecule has 3 nitrogen and oxygen atoms in total. The summed E-state index contributed by atoms with van der Waals surface area (Å²) in [7, 11) is 1.76. The number of methoxy groups -OCH3 is 1. The van der Waals surface area contributed by atoms with Crippen LogP contribution in [0.25, 0.3) is 0 Å². The lowest BCUT2D eigenvalue weighted by atomic mass is 9.92. The molecule has 2 aliphatic heterocycles. The van der Waals surface area contributed by atoms with E-state index in [4.69, 9.17) is 9.47 Å². The summed E-state index contributed by atoms with van der Waals surface area (Å²) in [5.41, 5.74) is 4.08. The Balaban J connectivity index is 1.92. The van der Waals surface area contributed by atoms with Crippen molar-refractivity contribution in [1.82, 2.24) is 5.32 Å². The van der Waals surface area contributed by atoms with Gasteiger partial charge < -0.3 is 14.8 Å². The lowest BCUT2D eigenvalue weighted by molar-refractivity contribution is 0.134. The number of rotatable bonds is 3. The maximum atomic E-state index is 5.55. The van der Waals surface area contributed by atoms with E-state index in [0.29, 0.717) is 0 Å². The molecule has 0 bridgehead atoms. The largest absolute Gasteiger partial charge is 0.496 e. The van der Waals surface area contributed by atoms with Gasteiger partial charge in [-0.05, 0) is 49.0 Å². The molecular formula is C14H19NO2. The molecule has 0 aliphatic carbocycles. The maximum Gasteiger partial charge on any atom is 0.122 e. The van der Waals surface area contributed by atoms with E-state index in [2.05, 4.69) is 17.4 Å². The smallest absolute Gasteiger partial charge is 0.122 e. The Morgan fingerprint density at radius 2 is 2.35 bits per heavy atom. The summed E-state index contributed by atoms with van der Waals surface area (Å²) in [6, 6.07) is 4.22. The number of hydrogen-bond acceptors (Lipinski definition) is 3. The summed E-state index contributed by atoms with van der Waals surface area (Å²) in [6.45, 7) is 3.80. The van der Waals surface area contributed by atoms with Crippen LogP contribution in [0.3, 0.4) is 0 Å². The van der Waals surface area contributed by atoms with E-state index < -0.39 is 0 Å². The van der Waals surface area contributed by atoms with Crippen molar-refractivity contribution >= 4 is 0 Å². The Morgan fingerprint density at radius 3 is 3.12 bits per heavy atom. The molecule has 0 amide bonds. The van der Waals surface area contributed by atoms with Crippen molar-refractivity contribution in [2.45, 2.75) is 26.1 Å². The van der Waals surface area contributed by atoms with Crippen molar-refractivity contribution in [2.75, 3.05) is 20.2 Å². The molecule has 17 heavy (non-hydrogen) atoms. The fourth-order valence-corrected chi connectivity index (χ4v) is 2.89. The molecule has 1 fully saturated rings. The molecule has 92 valence electrons. The van der Waals surface area contributed by atoms with E-state index in [0.717, 1.165) is 44.4 Å². The normalized spacial score (nSPS) is 22.8. The third-order valence-corrected chi connectivity index (χ3v) is 3.86. The summed E-state index contributed by atoms with van der Waals surface area (Å²) >= 11 is 0. The first-order valence-corrected chi connectivity index (χ1v) is 6.34. The van der Waals surface area contributed by atoms with E-state index in [1.165, 1.54) is 23.1 Å². The molecule has 1 N–H and O–H groups in total. The van der Waals surface area contributed by atoms with Gasteiger partial charge >= 0.3 is 0 Å². The summed E-state index contributed by atoms with van der Waals surface area (Å²) < 4.78 is 11.1. The Kier molecular flexibility index (Phi) is 3.04. The molecule has 3 heteroatoms. The summed E-state index contributed by atoms with van der Waals surface area (Å²) in [4.78, 5) is 0. The first-order chi connectivity index (χ1) is 8.38. The zero-order valence-corrected chi connectivity index (χ0v) is 10.3. The first-order valence-electron chi connectivity index (χ1n) is 6.34. The molecule has 1 aromatic rings. The molecule has 1 unspecified atom stereocenters. The second-order valence-electron chi connectivity index (χ2n) is 4.94. The van der Waals surface area contributed by atoms with Crippen molar-refractivity contribution in [3.63, 3.8) is 0 Å². The van der Waals surface area contributed by atoms with E-state index in [-0.39, 0.29) is 0 Å². The number of fused-ring (bicyclic) bond motifs is 1. The standard InChI is InChI=1S/C14H19NO2/c1-16-14-3-2-11-8-17-9-13(11)12(14)6-10-4-5-15-7-10/h2-3,10,15H,4-9H2,1H3. The van der Waals surface area contributed by atoms with Gasteiger partial charge in [0, 0.05) is 5.56 Å². The molecule has 0 radical (unpaired) electrons. The maximum absolute atomic E-state index is 5.55. The van der Waals surface area contributed by atoms with Crippen molar-refractivity contribution in [2.24, 2.45) is 5.92 Å². The first kappa shape index (κ1) is 11.1. The van der Waals surface area contributed by atoms with Crippen LogP contribution in [0.15, 0.2) is 12.1 Å². The molecular weight excluding hydrogens is 214 g/mol. The van der Waals surface area contributed by atoms with Gasteiger partial charge in [-0.25, -0.2) is 0 Å². The molecule has 0 spiro atoms. The Morgan fingerprint density at radius 1 is 1.41 bits per heavy atom. The zero-order chi connectivity index (χ0) is 11.7. The van der Waals surface area contributed by atoms with Crippen LogP contribution < -0.4 is 10.1 Å². The topological polar surface area (TPSA) is 30.5 Å². The predicted molar refractivity (Wildman–Crippen MR) is 66.2 cm³/mol. The van der Waals surface area contributed by atoms with Gasteiger partial charge in [0.15, 0.2) is 0 Å². The Labute approximate surface area is 102 Å². The molecule has 2 aliphatic rings. The van der Waals surface area contributed by atoms with Gasteiger partial charge in [-0.3, -0.25) is 0 Å². The Hall–Kier alpha value is -1.06. The van der Waals surface area contributed by atoms with Crippen molar-refractivity contribution in [1.29, 1.82) is 0 Å². The summed E-state index contributed by atoms with van der Waals surface area (Å²) in [5, 5.41) is 3.43. The third kappa shape index (κ3) is 2.05. The molecule has 0 saturated carbocycles. The third-order valence-electron chi connectivity index (χ3n) is 3.86. The fourth-order valence-electron chi connectivity index (χ4n) is 2.89. The highest BCUT2D eigenvalue weighted by Gasteiger charge is 2.23. The van der Waals surface area contributed by atoms with Gasteiger partial charge in [0.2, 0.25) is 0 Å². The van der Waals surface area contributed by atoms with E-state index in [9.17, 15) is 0 Å². The second kappa shape index (κ2) is 4.67. The number of hydrogen-bond donors (Lipinski definition) is 1. The van der Waals surface area contributed by atoms with Crippen LogP contribution in [0.2, 0.25) is 0 Å². The van der Waals surface area contributed by atoms with Gasteiger partial charge in [0.25, 0.3) is 0 Å². The van der Waals surface area contributed by atoms with Crippen LogP contribution in [0.1, 0.15) is 23.1 Å². The van der Waals surface area contributed by atoms with Crippen molar-refractivity contribution in [3.05, 3.63) is 28.8 Å². The zero-order valence-electron chi connectivity index (χ0n) is 10.3. The molecule has 1 atom stereocenters. The van der Waals surface area contributed by atoms with Gasteiger partial charge in [0.05, 0.1) is 20.3 Å². The lowest BCUT2D eigenvalue weighted by Crippen LogP contribution is -2.12. The average molecular weight is 233 g/mol. The fraction of sp³-hybridized carbons (Fsp3) is 0.571. The lowest BCUT2D eigenvalue weighted by Gasteiger charge is -2.15. The highest BCUT2D eigenvalue weighted by Crippen LogP contribution is 2.33. The molecule has 2 heterocycles. The van der Waals surface area contributed by atoms with Crippen LogP contribution in [-0.4, -0.2) is 20.2 Å². The summed E-state index contributed by atoms with van der Waals surface area (Å²) in [6.07, 6.45) is 2.39. The highest BCUT2D eigenvalue weighted by atomic mass is 16.5. The molecule has 3 rings (SSSR count). The number of ether oxygens (including phenoxy) is 2. The van der Waals surface area contributed by atoms with Crippen molar-refractivity contribution in [3.8, 4) is 5.75 Å².